The molecule has 4 rings (SSSR count). The first kappa shape index (κ1) is 22.9. The van der Waals surface area contributed by atoms with E-state index >= 15 is 0 Å². The predicted molar refractivity (Wildman–Crippen MR) is 121 cm³/mol. The number of fused-ring (bicyclic) bond motifs is 1. The number of aromatic nitrogens is 1. The molecule has 2 heterocycles. The molecule has 10 heteroatoms. The maximum absolute atomic E-state index is 12.9. The van der Waals surface area contributed by atoms with Crippen LogP contribution in [-0.4, -0.2) is 49.2 Å². The lowest BCUT2D eigenvalue weighted by Crippen LogP contribution is -2.38. The maximum atomic E-state index is 12.9. The Bertz CT molecular complexity index is 1050. The van der Waals surface area contributed by atoms with E-state index in [4.69, 9.17) is 9.47 Å². The van der Waals surface area contributed by atoms with Crippen molar-refractivity contribution in [2.75, 3.05) is 19.6 Å². The van der Waals surface area contributed by atoms with Gasteiger partial charge in [-0.25, -0.2) is 13.4 Å². The Morgan fingerprint density at radius 2 is 1.94 bits per heavy atom. The van der Waals surface area contributed by atoms with Gasteiger partial charge in [0.2, 0.25) is 22.7 Å². The highest BCUT2D eigenvalue weighted by Crippen LogP contribution is 2.32. The van der Waals surface area contributed by atoms with Gasteiger partial charge in [-0.3, -0.25) is 4.79 Å². The van der Waals surface area contributed by atoms with E-state index in [1.807, 2.05) is 18.2 Å². The van der Waals surface area contributed by atoms with Crippen LogP contribution in [0.5, 0.6) is 11.5 Å². The Hall–Kier alpha value is -2.30. The quantitative estimate of drug-likeness (QED) is 0.583. The van der Waals surface area contributed by atoms with Gasteiger partial charge in [-0.1, -0.05) is 37.1 Å². The summed E-state index contributed by atoms with van der Waals surface area (Å²) in [4.78, 5) is 16.6. The van der Waals surface area contributed by atoms with E-state index in [0.717, 1.165) is 31.2 Å². The van der Waals surface area contributed by atoms with Gasteiger partial charge in [0.05, 0.1) is 10.8 Å². The van der Waals surface area contributed by atoms with Crippen molar-refractivity contribution in [3.05, 3.63) is 42.1 Å². The Morgan fingerprint density at radius 1 is 1.16 bits per heavy atom. The fourth-order valence-electron chi connectivity index (χ4n) is 3.85. The number of carbonyl (C=O) groups excluding carboxylic acids is 1. The number of sulfonamides is 1. The fourth-order valence-corrected chi connectivity index (χ4v) is 5.89. The summed E-state index contributed by atoms with van der Waals surface area (Å²) in [5, 5.41) is 3.46. The number of hydrogen-bond acceptors (Lipinski definition) is 7. The molecule has 1 aromatic heterocycles. The Balaban J connectivity index is 1.27. The highest BCUT2D eigenvalue weighted by atomic mass is 32.2. The van der Waals surface area contributed by atoms with Crippen molar-refractivity contribution in [2.45, 2.75) is 54.6 Å². The van der Waals surface area contributed by atoms with Crippen LogP contribution < -0.4 is 14.8 Å². The molecule has 1 amide bonds. The van der Waals surface area contributed by atoms with Crippen LogP contribution in [0.4, 0.5) is 0 Å². The molecule has 1 aliphatic carbocycles. The van der Waals surface area contributed by atoms with E-state index in [0.29, 0.717) is 23.1 Å². The summed E-state index contributed by atoms with van der Waals surface area (Å²) < 4.78 is 37.9. The van der Waals surface area contributed by atoms with Gasteiger partial charge >= 0.3 is 0 Å². The summed E-state index contributed by atoms with van der Waals surface area (Å²) in [6.45, 7) is 0.597. The zero-order chi connectivity index (χ0) is 22.6. The number of rotatable bonds is 8. The molecule has 2 aliphatic rings. The molecule has 0 radical (unpaired) electrons. The third-order valence-corrected chi connectivity index (χ3v) is 8.59. The highest BCUT2D eigenvalue weighted by Gasteiger charge is 2.29. The standard InChI is InChI=1S/C22H27N3O5S2/c1-25(17-5-3-2-4-6-17)32(27,28)18-8-10-22(24-13-18)31-14-21(26)23-12-16-7-9-19-20(11-16)30-15-29-19/h7-11,13,17H,2-6,12,14-15H2,1H3,(H,23,26). The van der Waals surface area contributed by atoms with Crippen LogP contribution in [-0.2, 0) is 21.4 Å². The average Bonchev–Trinajstić information content (AvgIpc) is 3.29. The number of hydrogen-bond donors (Lipinski definition) is 1. The summed E-state index contributed by atoms with van der Waals surface area (Å²) in [7, 11) is -1.92. The van der Waals surface area contributed by atoms with E-state index in [1.54, 1.807) is 19.2 Å². The predicted octanol–water partition coefficient (Wildman–Crippen LogP) is 3.17. The Labute approximate surface area is 192 Å². The minimum absolute atomic E-state index is 0.0521. The van der Waals surface area contributed by atoms with E-state index in [-0.39, 0.29) is 29.4 Å². The number of thioether (sulfide) groups is 1. The van der Waals surface area contributed by atoms with Crippen LogP contribution in [0.3, 0.4) is 0 Å². The smallest absolute Gasteiger partial charge is 0.244 e. The molecule has 0 atom stereocenters. The molecule has 1 aliphatic heterocycles. The van der Waals surface area contributed by atoms with Gasteiger partial charge in [0.15, 0.2) is 11.5 Å². The van der Waals surface area contributed by atoms with Crippen LogP contribution in [0.1, 0.15) is 37.7 Å². The highest BCUT2D eigenvalue weighted by molar-refractivity contribution is 7.99. The second-order valence-corrected chi connectivity index (χ2v) is 10.9. The van der Waals surface area contributed by atoms with Gasteiger partial charge in [0.25, 0.3) is 0 Å². The molecular formula is C22H27N3O5S2. The van der Waals surface area contributed by atoms with Crippen LogP contribution in [0.15, 0.2) is 46.5 Å². The largest absolute Gasteiger partial charge is 0.454 e. The van der Waals surface area contributed by atoms with Crippen molar-refractivity contribution in [3.63, 3.8) is 0 Å². The molecule has 0 spiro atoms. The number of pyridine rings is 1. The molecule has 0 bridgehead atoms. The van der Waals surface area contributed by atoms with E-state index < -0.39 is 10.0 Å². The number of carbonyl (C=O) groups is 1. The second-order valence-electron chi connectivity index (χ2n) is 7.90. The first-order valence-corrected chi connectivity index (χ1v) is 13.1. The van der Waals surface area contributed by atoms with Crippen LogP contribution in [0.2, 0.25) is 0 Å². The minimum Gasteiger partial charge on any atom is -0.454 e. The van der Waals surface area contributed by atoms with Crippen LogP contribution >= 0.6 is 11.8 Å². The molecule has 172 valence electrons. The van der Waals surface area contributed by atoms with Gasteiger partial charge in [-0.05, 0) is 42.7 Å². The molecular weight excluding hydrogens is 450 g/mol. The number of nitrogens with zero attached hydrogens (tertiary/aromatic N) is 2. The molecule has 1 fully saturated rings. The van der Waals surface area contributed by atoms with Gasteiger partial charge in [0.1, 0.15) is 4.90 Å². The lowest BCUT2D eigenvalue weighted by atomic mass is 9.96. The van der Waals surface area contributed by atoms with Crippen molar-refractivity contribution < 1.29 is 22.7 Å². The molecule has 2 aromatic rings. The molecule has 32 heavy (non-hydrogen) atoms. The second kappa shape index (κ2) is 10.1. The molecule has 1 aromatic carbocycles. The Kier molecular flexibility index (Phi) is 7.22. The maximum Gasteiger partial charge on any atom is 0.244 e. The van der Waals surface area contributed by atoms with Crippen LogP contribution in [0, 0.1) is 0 Å². The van der Waals surface area contributed by atoms with Crippen molar-refractivity contribution in [3.8, 4) is 11.5 Å². The monoisotopic (exact) mass is 477 g/mol. The molecule has 0 saturated heterocycles. The summed E-state index contributed by atoms with van der Waals surface area (Å²) in [6, 6.07) is 8.82. The molecule has 1 saturated carbocycles. The topological polar surface area (TPSA) is 97.8 Å². The third-order valence-electron chi connectivity index (χ3n) is 5.75. The van der Waals surface area contributed by atoms with Gasteiger partial charge in [-0.15, -0.1) is 0 Å². The summed E-state index contributed by atoms with van der Waals surface area (Å²) in [6.07, 6.45) is 6.48. The normalized spacial score (nSPS) is 16.3. The van der Waals surface area contributed by atoms with Gasteiger partial charge in [-0.2, -0.15) is 4.31 Å². The SMILES string of the molecule is CN(C1CCCCC1)S(=O)(=O)c1ccc(SCC(=O)NCc2ccc3c(c2)OCO3)nc1. The first-order chi connectivity index (χ1) is 15.4. The zero-order valence-electron chi connectivity index (χ0n) is 18.0. The van der Waals surface area contributed by atoms with Crippen molar-refractivity contribution >= 4 is 27.7 Å². The number of nitrogens with one attached hydrogen (secondary N) is 1. The summed E-state index contributed by atoms with van der Waals surface area (Å²) in [5.41, 5.74) is 0.919. The van der Waals surface area contributed by atoms with Gasteiger partial charge < -0.3 is 14.8 Å². The van der Waals surface area contributed by atoms with E-state index in [2.05, 4.69) is 10.3 Å². The van der Waals surface area contributed by atoms with Gasteiger partial charge in [0, 0.05) is 25.8 Å². The summed E-state index contributed by atoms with van der Waals surface area (Å²) >= 11 is 1.26. The fraction of sp³-hybridized carbons (Fsp3) is 0.455. The van der Waals surface area contributed by atoms with Crippen LogP contribution in [0.25, 0.3) is 0 Å². The Morgan fingerprint density at radius 3 is 2.69 bits per heavy atom. The number of benzene rings is 1. The molecule has 1 N–H and O–H groups in total. The lowest BCUT2D eigenvalue weighted by Gasteiger charge is -2.30. The van der Waals surface area contributed by atoms with E-state index in [1.165, 1.54) is 28.7 Å². The van der Waals surface area contributed by atoms with E-state index in [9.17, 15) is 13.2 Å². The minimum atomic E-state index is -3.57. The van der Waals surface area contributed by atoms with Crippen molar-refractivity contribution in [1.82, 2.24) is 14.6 Å². The third kappa shape index (κ3) is 5.36. The zero-order valence-corrected chi connectivity index (χ0v) is 19.6. The van der Waals surface area contributed by atoms with Crippen molar-refractivity contribution in [1.29, 1.82) is 0 Å². The number of amides is 1. The summed E-state index contributed by atoms with van der Waals surface area (Å²) in [5.74, 6) is 1.44. The molecule has 0 unspecified atom stereocenters. The first-order valence-electron chi connectivity index (χ1n) is 10.7. The van der Waals surface area contributed by atoms with Crippen molar-refractivity contribution in [2.24, 2.45) is 0 Å². The average molecular weight is 478 g/mol. The number of ether oxygens (including phenoxy) is 2. The lowest BCUT2D eigenvalue weighted by molar-refractivity contribution is -0.118. The molecule has 8 nitrogen and oxygen atoms in total.